The Morgan fingerprint density at radius 3 is 2.36 bits per heavy atom. The van der Waals surface area contributed by atoms with Crippen LogP contribution < -0.4 is 0 Å². The Labute approximate surface area is 86.8 Å². The van der Waals surface area contributed by atoms with Gasteiger partial charge >= 0.3 is 0 Å². The summed E-state index contributed by atoms with van der Waals surface area (Å²) >= 11 is 0. The zero-order valence-electron chi connectivity index (χ0n) is 9.00. The van der Waals surface area contributed by atoms with Crippen molar-refractivity contribution in [2.45, 2.75) is 57.8 Å². The van der Waals surface area contributed by atoms with Crippen molar-refractivity contribution < 1.29 is 4.79 Å². The van der Waals surface area contributed by atoms with Crippen LogP contribution in [0.4, 0.5) is 0 Å². The number of hydrogen-bond acceptors (Lipinski definition) is 2. The Balaban J connectivity index is 2.10. The van der Waals surface area contributed by atoms with Gasteiger partial charge in [0.25, 0.3) is 0 Å². The van der Waals surface area contributed by atoms with Crippen LogP contribution >= 0.6 is 0 Å². The first-order valence-corrected chi connectivity index (χ1v) is 5.97. The maximum Gasteiger partial charge on any atom is 0.234 e. The third-order valence-corrected chi connectivity index (χ3v) is 3.17. The number of hydrogen-bond donors (Lipinski definition) is 0. The molecule has 1 rings (SSSR count). The lowest BCUT2D eigenvalue weighted by molar-refractivity contribution is 0.353. The summed E-state index contributed by atoms with van der Waals surface area (Å²) in [6.45, 7) is 0.681. The summed E-state index contributed by atoms with van der Waals surface area (Å²) in [5.74, 6) is 0.900. The molecular formula is C12H21NO. The standard InChI is InChI=1S/C12H21NO/c14-11-13-10-6-9-12-7-4-2-1-3-5-8-12/h12H,1-10H2. The predicted octanol–water partition coefficient (Wildman–Crippen LogP) is 3.46. The minimum absolute atomic E-state index is 0.681. The Morgan fingerprint density at radius 1 is 1.07 bits per heavy atom. The minimum atomic E-state index is 0.681. The SMILES string of the molecule is O=C=NCCCC1CCCCCCC1. The molecule has 0 atom stereocenters. The average molecular weight is 195 g/mol. The van der Waals surface area contributed by atoms with E-state index in [9.17, 15) is 4.79 Å². The van der Waals surface area contributed by atoms with Gasteiger partial charge in [-0.25, -0.2) is 9.79 Å². The van der Waals surface area contributed by atoms with Crippen molar-refractivity contribution in [3.05, 3.63) is 0 Å². The van der Waals surface area contributed by atoms with E-state index >= 15 is 0 Å². The third kappa shape index (κ3) is 5.18. The molecule has 0 spiro atoms. The van der Waals surface area contributed by atoms with E-state index in [0.717, 1.165) is 12.3 Å². The van der Waals surface area contributed by atoms with Crippen LogP contribution in [-0.4, -0.2) is 12.6 Å². The third-order valence-electron chi connectivity index (χ3n) is 3.17. The lowest BCUT2D eigenvalue weighted by Crippen LogP contribution is -2.04. The number of isocyanates is 1. The highest BCUT2D eigenvalue weighted by Crippen LogP contribution is 2.25. The van der Waals surface area contributed by atoms with Crippen molar-refractivity contribution in [3.8, 4) is 0 Å². The Morgan fingerprint density at radius 2 is 1.71 bits per heavy atom. The molecule has 80 valence electrons. The molecule has 2 heteroatoms. The maximum atomic E-state index is 9.86. The first-order chi connectivity index (χ1) is 6.93. The predicted molar refractivity (Wildman–Crippen MR) is 58.0 cm³/mol. The van der Waals surface area contributed by atoms with Gasteiger partial charge in [0, 0.05) is 0 Å². The lowest BCUT2D eigenvalue weighted by Gasteiger charge is -2.18. The van der Waals surface area contributed by atoms with Gasteiger partial charge in [-0.15, -0.1) is 0 Å². The van der Waals surface area contributed by atoms with Crippen molar-refractivity contribution in [3.63, 3.8) is 0 Å². The molecule has 0 radical (unpaired) electrons. The maximum absolute atomic E-state index is 9.86. The van der Waals surface area contributed by atoms with E-state index < -0.39 is 0 Å². The molecule has 14 heavy (non-hydrogen) atoms. The molecule has 0 aromatic rings. The summed E-state index contributed by atoms with van der Waals surface area (Å²) < 4.78 is 0. The van der Waals surface area contributed by atoms with E-state index in [1.165, 1.54) is 51.4 Å². The van der Waals surface area contributed by atoms with Gasteiger partial charge in [0.05, 0.1) is 6.54 Å². The first kappa shape index (κ1) is 11.5. The molecule has 0 saturated heterocycles. The molecule has 0 unspecified atom stereocenters. The summed E-state index contributed by atoms with van der Waals surface area (Å²) in [7, 11) is 0. The Bertz CT molecular complexity index is 177. The molecule has 0 aromatic heterocycles. The normalized spacial score (nSPS) is 19.4. The van der Waals surface area contributed by atoms with E-state index in [4.69, 9.17) is 0 Å². The van der Waals surface area contributed by atoms with Crippen LogP contribution in [0, 0.1) is 5.92 Å². The zero-order chi connectivity index (χ0) is 10.1. The van der Waals surface area contributed by atoms with Crippen LogP contribution in [0.3, 0.4) is 0 Å². The minimum Gasteiger partial charge on any atom is -0.211 e. The molecule has 0 aliphatic heterocycles. The van der Waals surface area contributed by atoms with E-state index in [-0.39, 0.29) is 0 Å². The Hall–Kier alpha value is -0.620. The summed E-state index contributed by atoms with van der Waals surface area (Å²) in [6.07, 6.45) is 13.8. The van der Waals surface area contributed by atoms with Crippen molar-refractivity contribution in [1.82, 2.24) is 0 Å². The smallest absolute Gasteiger partial charge is 0.211 e. The van der Waals surface area contributed by atoms with E-state index in [1.54, 1.807) is 6.08 Å². The second kappa shape index (κ2) is 7.75. The molecule has 1 saturated carbocycles. The average Bonchev–Trinajstić information content (AvgIpc) is 2.15. The van der Waals surface area contributed by atoms with Crippen LogP contribution in [0.15, 0.2) is 4.99 Å². The molecule has 0 heterocycles. The van der Waals surface area contributed by atoms with Crippen molar-refractivity contribution in [2.24, 2.45) is 10.9 Å². The molecule has 1 fully saturated rings. The molecule has 1 aliphatic carbocycles. The van der Waals surface area contributed by atoms with E-state index in [2.05, 4.69) is 4.99 Å². The second-order valence-corrected chi connectivity index (χ2v) is 4.33. The van der Waals surface area contributed by atoms with Gasteiger partial charge < -0.3 is 0 Å². The largest absolute Gasteiger partial charge is 0.234 e. The molecule has 1 aliphatic rings. The fraction of sp³-hybridized carbons (Fsp3) is 0.917. The molecule has 0 N–H and O–H groups in total. The van der Waals surface area contributed by atoms with Crippen LogP contribution in [0.25, 0.3) is 0 Å². The molecule has 0 amide bonds. The molecule has 0 aromatic carbocycles. The second-order valence-electron chi connectivity index (χ2n) is 4.33. The highest BCUT2D eigenvalue weighted by molar-refractivity contribution is 5.32. The van der Waals surface area contributed by atoms with Crippen LogP contribution in [0.5, 0.6) is 0 Å². The molecule has 2 nitrogen and oxygen atoms in total. The Kier molecular flexibility index (Phi) is 6.34. The summed E-state index contributed by atoms with van der Waals surface area (Å²) in [5.41, 5.74) is 0. The van der Waals surface area contributed by atoms with Gasteiger partial charge in [0.1, 0.15) is 0 Å². The number of rotatable bonds is 4. The van der Waals surface area contributed by atoms with Crippen LogP contribution in [0.1, 0.15) is 57.8 Å². The highest BCUT2D eigenvalue weighted by Gasteiger charge is 2.10. The quantitative estimate of drug-likeness (QED) is 0.384. The van der Waals surface area contributed by atoms with Gasteiger partial charge in [-0.1, -0.05) is 44.9 Å². The number of carbonyl (C=O) groups excluding carboxylic acids is 1. The number of aliphatic imine (C=N–C) groups is 1. The van der Waals surface area contributed by atoms with Crippen molar-refractivity contribution >= 4 is 6.08 Å². The molecular weight excluding hydrogens is 174 g/mol. The number of nitrogens with zero attached hydrogens (tertiary/aromatic N) is 1. The highest BCUT2D eigenvalue weighted by atomic mass is 16.1. The van der Waals surface area contributed by atoms with Gasteiger partial charge in [0.15, 0.2) is 0 Å². The van der Waals surface area contributed by atoms with Gasteiger partial charge in [-0.3, -0.25) is 0 Å². The van der Waals surface area contributed by atoms with E-state index in [1.807, 2.05) is 0 Å². The topological polar surface area (TPSA) is 29.4 Å². The summed E-state index contributed by atoms with van der Waals surface area (Å²) in [5, 5.41) is 0. The lowest BCUT2D eigenvalue weighted by atomic mass is 9.88. The van der Waals surface area contributed by atoms with Gasteiger partial charge in [-0.05, 0) is 18.8 Å². The summed E-state index contributed by atoms with van der Waals surface area (Å²) in [4.78, 5) is 13.5. The molecule has 0 bridgehead atoms. The van der Waals surface area contributed by atoms with Crippen molar-refractivity contribution in [1.29, 1.82) is 0 Å². The fourth-order valence-electron chi connectivity index (χ4n) is 2.33. The van der Waals surface area contributed by atoms with Gasteiger partial charge in [0.2, 0.25) is 6.08 Å². The van der Waals surface area contributed by atoms with E-state index in [0.29, 0.717) is 6.54 Å². The fourth-order valence-corrected chi connectivity index (χ4v) is 2.33. The monoisotopic (exact) mass is 195 g/mol. The van der Waals surface area contributed by atoms with Crippen LogP contribution in [-0.2, 0) is 4.79 Å². The zero-order valence-corrected chi connectivity index (χ0v) is 9.00. The first-order valence-electron chi connectivity index (χ1n) is 5.97. The van der Waals surface area contributed by atoms with Crippen molar-refractivity contribution in [2.75, 3.05) is 6.54 Å². The van der Waals surface area contributed by atoms with Gasteiger partial charge in [-0.2, -0.15) is 0 Å². The van der Waals surface area contributed by atoms with Crippen LogP contribution in [0.2, 0.25) is 0 Å². The summed E-state index contributed by atoms with van der Waals surface area (Å²) in [6, 6.07) is 0.